The molecular weight excluding hydrogens is 364 g/mol. The number of ether oxygens (including phenoxy) is 1. The monoisotopic (exact) mass is 382 g/mol. The largest absolute Gasteiger partial charge is 0.495 e. The van der Waals surface area contributed by atoms with E-state index in [9.17, 15) is 10.1 Å². The number of methoxy groups -OCH3 is 1. The number of amides is 2. The minimum Gasteiger partial charge on any atom is -0.495 e. The van der Waals surface area contributed by atoms with Gasteiger partial charge < -0.3 is 10.1 Å². The van der Waals surface area contributed by atoms with E-state index in [1.807, 2.05) is 25.1 Å². The van der Waals surface area contributed by atoms with E-state index in [4.69, 9.17) is 16.3 Å². The van der Waals surface area contributed by atoms with Crippen LogP contribution in [-0.2, 0) is 6.42 Å². The van der Waals surface area contributed by atoms with Crippen molar-refractivity contribution in [3.8, 4) is 11.8 Å². The molecule has 7 heteroatoms. The van der Waals surface area contributed by atoms with E-state index >= 15 is 0 Å². The van der Waals surface area contributed by atoms with Crippen LogP contribution in [0.25, 0.3) is 0 Å². The number of urea groups is 1. The number of rotatable bonds is 2. The lowest BCUT2D eigenvalue weighted by Gasteiger charge is -2.22. The molecule has 1 heterocycles. The lowest BCUT2D eigenvalue weighted by atomic mass is 9.92. The molecule has 0 aliphatic carbocycles. The second kappa shape index (κ2) is 7.68. The molecule has 0 spiro atoms. The third-order valence-corrected chi connectivity index (χ3v) is 4.73. The number of hydrazone groups is 1. The van der Waals surface area contributed by atoms with E-state index in [-0.39, 0.29) is 12.1 Å². The summed E-state index contributed by atoms with van der Waals surface area (Å²) in [5, 5.41) is 18.8. The van der Waals surface area contributed by atoms with E-state index in [0.717, 1.165) is 16.7 Å². The molecule has 0 radical (unpaired) electrons. The van der Waals surface area contributed by atoms with Gasteiger partial charge in [-0.05, 0) is 43.2 Å². The molecule has 1 N–H and O–H groups in total. The van der Waals surface area contributed by atoms with E-state index in [1.54, 1.807) is 25.2 Å². The third-order valence-electron chi connectivity index (χ3n) is 4.48. The molecule has 0 aromatic heterocycles. The van der Waals surface area contributed by atoms with E-state index in [0.29, 0.717) is 28.5 Å². The Morgan fingerprint density at radius 3 is 2.67 bits per heavy atom. The van der Waals surface area contributed by atoms with Crippen molar-refractivity contribution < 1.29 is 9.53 Å². The number of fused-ring (bicyclic) bond motifs is 1. The number of nitriles is 1. The average Bonchev–Trinajstić information content (AvgIpc) is 2.82. The van der Waals surface area contributed by atoms with Gasteiger partial charge in [-0.1, -0.05) is 23.7 Å². The fourth-order valence-electron chi connectivity index (χ4n) is 3.12. The van der Waals surface area contributed by atoms with Crippen molar-refractivity contribution >= 4 is 23.3 Å². The van der Waals surface area contributed by atoms with Crippen molar-refractivity contribution in [3.05, 3.63) is 63.7 Å². The fraction of sp³-hybridized carbons (Fsp3) is 0.250. The number of benzene rings is 2. The van der Waals surface area contributed by atoms with Crippen molar-refractivity contribution in [2.75, 3.05) is 14.2 Å². The first kappa shape index (κ1) is 18.7. The number of hydrogen-bond donors (Lipinski definition) is 1. The first-order chi connectivity index (χ1) is 13.0. The van der Waals surface area contributed by atoms with Crippen LogP contribution in [0.3, 0.4) is 0 Å². The van der Waals surface area contributed by atoms with Crippen LogP contribution in [0.1, 0.15) is 29.2 Å². The number of hydrogen-bond acceptors (Lipinski definition) is 4. The van der Waals surface area contributed by atoms with Crippen LogP contribution in [0.5, 0.6) is 5.75 Å². The first-order valence-corrected chi connectivity index (χ1v) is 8.83. The maximum atomic E-state index is 12.4. The van der Waals surface area contributed by atoms with Crippen LogP contribution in [0.4, 0.5) is 4.79 Å². The minimum absolute atomic E-state index is 0.187. The van der Waals surface area contributed by atoms with Gasteiger partial charge in [-0.25, -0.2) is 9.80 Å². The molecule has 27 heavy (non-hydrogen) atoms. The smallest absolute Gasteiger partial charge is 0.337 e. The van der Waals surface area contributed by atoms with Crippen molar-refractivity contribution in [1.29, 1.82) is 5.26 Å². The van der Waals surface area contributed by atoms with Gasteiger partial charge in [0.1, 0.15) is 11.8 Å². The quantitative estimate of drug-likeness (QED) is 0.862. The molecule has 138 valence electrons. The normalized spacial score (nSPS) is 15.9. The van der Waals surface area contributed by atoms with Crippen molar-refractivity contribution in [2.45, 2.75) is 19.4 Å². The summed E-state index contributed by atoms with van der Waals surface area (Å²) in [5.41, 5.74) is 3.64. The number of carbonyl (C=O) groups excluding carboxylic acids is 1. The number of nitrogens with zero attached hydrogens (tertiary/aromatic N) is 3. The van der Waals surface area contributed by atoms with Crippen LogP contribution < -0.4 is 10.1 Å². The summed E-state index contributed by atoms with van der Waals surface area (Å²) >= 11 is 6.02. The van der Waals surface area contributed by atoms with Gasteiger partial charge in [0.2, 0.25) is 0 Å². The highest BCUT2D eigenvalue weighted by Gasteiger charge is 2.28. The Balaban J connectivity index is 2.26. The fourth-order valence-corrected chi connectivity index (χ4v) is 3.24. The van der Waals surface area contributed by atoms with Gasteiger partial charge in [0.25, 0.3) is 0 Å². The highest BCUT2D eigenvalue weighted by atomic mass is 35.5. The van der Waals surface area contributed by atoms with Gasteiger partial charge in [0, 0.05) is 23.2 Å². The predicted molar refractivity (Wildman–Crippen MR) is 104 cm³/mol. The average molecular weight is 383 g/mol. The molecule has 0 fully saturated rings. The standard InChI is InChI=1S/C20H19ClN4O2/c1-12-8-14-9-15(11-22)18(27-3)10-17(14)19(24-25(12)20(26)23-2)13-4-6-16(21)7-5-13/h4-7,9-10,12H,8H2,1-3H3,(H,23,26). The molecule has 2 aromatic carbocycles. The summed E-state index contributed by atoms with van der Waals surface area (Å²) < 4.78 is 5.38. The van der Waals surface area contributed by atoms with Gasteiger partial charge in [0.05, 0.1) is 24.4 Å². The Hall–Kier alpha value is -3.04. The van der Waals surface area contributed by atoms with E-state index in [2.05, 4.69) is 16.5 Å². The summed E-state index contributed by atoms with van der Waals surface area (Å²) in [6, 6.07) is 12.6. The van der Waals surface area contributed by atoms with Crippen LogP contribution in [-0.4, -0.2) is 37.0 Å². The molecule has 0 saturated carbocycles. The summed E-state index contributed by atoms with van der Waals surface area (Å²) in [6.45, 7) is 1.92. The summed E-state index contributed by atoms with van der Waals surface area (Å²) in [7, 11) is 3.10. The Kier molecular flexibility index (Phi) is 5.33. The van der Waals surface area contributed by atoms with Gasteiger partial charge in [-0.2, -0.15) is 10.4 Å². The summed E-state index contributed by atoms with van der Waals surface area (Å²) in [4.78, 5) is 12.4. The number of halogens is 1. The lowest BCUT2D eigenvalue weighted by molar-refractivity contribution is 0.184. The molecule has 2 amide bonds. The predicted octanol–water partition coefficient (Wildman–Crippen LogP) is 3.56. The van der Waals surface area contributed by atoms with Crippen molar-refractivity contribution in [2.24, 2.45) is 5.10 Å². The zero-order valence-electron chi connectivity index (χ0n) is 15.3. The zero-order chi connectivity index (χ0) is 19.6. The Labute approximate surface area is 163 Å². The lowest BCUT2D eigenvalue weighted by Crippen LogP contribution is -2.41. The SMILES string of the molecule is CNC(=O)N1N=C(c2ccc(Cl)cc2)c2cc(OC)c(C#N)cc2CC1C. The molecule has 0 bridgehead atoms. The van der Waals surface area contributed by atoms with Crippen LogP contribution in [0.2, 0.25) is 5.02 Å². The molecule has 6 nitrogen and oxygen atoms in total. The van der Waals surface area contributed by atoms with Crippen molar-refractivity contribution in [3.63, 3.8) is 0 Å². The van der Waals surface area contributed by atoms with E-state index < -0.39 is 0 Å². The highest BCUT2D eigenvalue weighted by Crippen LogP contribution is 2.30. The van der Waals surface area contributed by atoms with Gasteiger partial charge in [0.15, 0.2) is 0 Å². The minimum atomic E-state index is -0.297. The maximum absolute atomic E-state index is 12.4. The molecular formula is C20H19ClN4O2. The van der Waals surface area contributed by atoms with Gasteiger partial charge >= 0.3 is 6.03 Å². The Morgan fingerprint density at radius 2 is 2.07 bits per heavy atom. The molecule has 3 rings (SSSR count). The number of nitrogens with one attached hydrogen (secondary N) is 1. The zero-order valence-corrected chi connectivity index (χ0v) is 16.0. The van der Waals surface area contributed by atoms with Gasteiger partial charge in [-0.3, -0.25) is 0 Å². The van der Waals surface area contributed by atoms with Gasteiger partial charge in [-0.15, -0.1) is 0 Å². The Bertz CT molecular complexity index is 948. The molecule has 1 aliphatic heterocycles. The van der Waals surface area contributed by atoms with Crippen LogP contribution in [0, 0.1) is 11.3 Å². The second-order valence-electron chi connectivity index (χ2n) is 6.23. The number of carbonyl (C=O) groups is 1. The molecule has 0 saturated heterocycles. The second-order valence-corrected chi connectivity index (χ2v) is 6.67. The highest BCUT2D eigenvalue weighted by molar-refractivity contribution is 6.30. The molecule has 1 atom stereocenters. The molecule has 1 aliphatic rings. The maximum Gasteiger partial charge on any atom is 0.337 e. The summed E-state index contributed by atoms with van der Waals surface area (Å²) in [6.07, 6.45) is 0.558. The first-order valence-electron chi connectivity index (χ1n) is 8.45. The topological polar surface area (TPSA) is 77.7 Å². The molecule has 2 aromatic rings. The van der Waals surface area contributed by atoms with E-state index in [1.165, 1.54) is 12.1 Å². The Morgan fingerprint density at radius 1 is 1.37 bits per heavy atom. The van der Waals surface area contributed by atoms with Crippen LogP contribution in [0.15, 0.2) is 41.5 Å². The van der Waals surface area contributed by atoms with Crippen molar-refractivity contribution in [1.82, 2.24) is 10.3 Å². The summed E-state index contributed by atoms with van der Waals surface area (Å²) in [5.74, 6) is 0.471. The van der Waals surface area contributed by atoms with Crippen LogP contribution >= 0.6 is 11.6 Å². The third kappa shape index (κ3) is 3.60. The molecule has 1 unspecified atom stereocenters.